The quantitative estimate of drug-likeness (QED) is 0.439. The van der Waals surface area contributed by atoms with Crippen LogP contribution in [0.25, 0.3) is 10.8 Å². The first kappa shape index (κ1) is 19.9. The summed E-state index contributed by atoms with van der Waals surface area (Å²) in [5.41, 5.74) is 1.28. The van der Waals surface area contributed by atoms with Gasteiger partial charge in [0.25, 0.3) is 0 Å². The third-order valence-electron chi connectivity index (χ3n) is 7.55. The van der Waals surface area contributed by atoms with Gasteiger partial charge in [0.1, 0.15) is 11.6 Å². The number of hydrogen-bond acceptors (Lipinski definition) is 0. The fourth-order valence-electron chi connectivity index (χ4n) is 5.97. The first-order valence-corrected chi connectivity index (χ1v) is 11.5. The van der Waals surface area contributed by atoms with E-state index in [1.165, 1.54) is 82.3 Å². The Morgan fingerprint density at radius 3 is 2.54 bits per heavy atom. The van der Waals surface area contributed by atoms with Crippen molar-refractivity contribution in [2.75, 3.05) is 0 Å². The topological polar surface area (TPSA) is 0 Å². The Labute approximate surface area is 168 Å². The van der Waals surface area contributed by atoms with Crippen molar-refractivity contribution in [3.8, 4) is 0 Å². The van der Waals surface area contributed by atoms with Gasteiger partial charge in [0.05, 0.1) is 0 Å². The van der Waals surface area contributed by atoms with E-state index < -0.39 is 11.6 Å². The second-order valence-electron chi connectivity index (χ2n) is 9.43. The molecule has 2 aromatic carbocycles. The molecule has 4 rings (SSSR count). The Balaban J connectivity index is 1.38. The molecular weight excluding hydrogens is 350 g/mol. The molecule has 2 aliphatic carbocycles. The third-order valence-corrected chi connectivity index (χ3v) is 7.55. The minimum absolute atomic E-state index is 0.456. The minimum atomic E-state index is -0.483. The Hall–Kier alpha value is -1.44. The highest BCUT2D eigenvalue weighted by Crippen LogP contribution is 2.48. The van der Waals surface area contributed by atoms with Crippen molar-refractivity contribution in [3.63, 3.8) is 0 Å². The molecule has 2 fully saturated rings. The van der Waals surface area contributed by atoms with Crippen LogP contribution >= 0.6 is 0 Å². The molecule has 0 amide bonds. The SMILES string of the molecule is CCCCCCC1CCC2CC(c3ccc4c(F)cc(F)cc4c3)CCC2C1. The first-order valence-electron chi connectivity index (χ1n) is 11.5. The fourth-order valence-corrected chi connectivity index (χ4v) is 5.97. The number of benzene rings is 2. The molecule has 0 aliphatic heterocycles. The molecule has 0 radical (unpaired) electrons. The van der Waals surface area contributed by atoms with E-state index >= 15 is 0 Å². The average Bonchev–Trinajstić information content (AvgIpc) is 2.70. The predicted octanol–water partition coefficient (Wildman–Crippen LogP) is 8.39. The Morgan fingerprint density at radius 2 is 1.68 bits per heavy atom. The molecule has 0 nitrogen and oxygen atoms in total. The molecule has 0 aromatic heterocycles. The van der Waals surface area contributed by atoms with Gasteiger partial charge >= 0.3 is 0 Å². The number of halogens is 2. The molecule has 2 aliphatic rings. The summed E-state index contributed by atoms with van der Waals surface area (Å²) in [7, 11) is 0. The van der Waals surface area contributed by atoms with Crippen molar-refractivity contribution in [2.24, 2.45) is 17.8 Å². The Morgan fingerprint density at radius 1 is 0.857 bits per heavy atom. The number of fused-ring (bicyclic) bond motifs is 2. The molecule has 0 spiro atoms. The summed E-state index contributed by atoms with van der Waals surface area (Å²) in [6, 6.07) is 8.41. The number of unbranched alkanes of at least 4 members (excludes halogenated alkanes) is 3. The zero-order chi connectivity index (χ0) is 19.5. The van der Waals surface area contributed by atoms with Crippen LogP contribution in [0.2, 0.25) is 0 Å². The summed E-state index contributed by atoms with van der Waals surface area (Å²) < 4.78 is 27.6. The van der Waals surface area contributed by atoms with E-state index in [0.29, 0.717) is 16.7 Å². The summed E-state index contributed by atoms with van der Waals surface area (Å²) in [5, 5.41) is 1.23. The summed E-state index contributed by atoms with van der Waals surface area (Å²) in [5.74, 6) is 2.34. The summed E-state index contributed by atoms with van der Waals surface area (Å²) in [4.78, 5) is 0. The summed E-state index contributed by atoms with van der Waals surface area (Å²) >= 11 is 0. The molecule has 0 heterocycles. The molecule has 152 valence electrons. The van der Waals surface area contributed by atoms with Gasteiger partial charge in [0.15, 0.2) is 0 Å². The lowest BCUT2D eigenvalue weighted by molar-refractivity contribution is 0.113. The lowest BCUT2D eigenvalue weighted by Crippen LogP contribution is -2.30. The maximum absolute atomic E-state index is 14.0. The summed E-state index contributed by atoms with van der Waals surface area (Å²) in [6.45, 7) is 2.28. The van der Waals surface area contributed by atoms with Gasteiger partial charge in [-0.3, -0.25) is 0 Å². The van der Waals surface area contributed by atoms with Crippen LogP contribution in [0, 0.1) is 29.4 Å². The Bertz CT molecular complexity index is 796. The van der Waals surface area contributed by atoms with Crippen LogP contribution < -0.4 is 0 Å². The number of hydrogen-bond donors (Lipinski definition) is 0. The third kappa shape index (κ3) is 4.42. The number of rotatable bonds is 6. The second-order valence-corrected chi connectivity index (χ2v) is 9.43. The molecule has 2 aromatic rings. The monoisotopic (exact) mass is 384 g/mol. The van der Waals surface area contributed by atoms with Crippen molar-refractivity contribution in [1.82, 2.24) is 0 Å². The molecule has 0 saturated heterocycles. The van der Waals surface area contributed by atoms with E-state index in [9.17, 15) is 8.78 Å². The standard InChI is InChI=1S/C26H34F2/c1-2-3-4-5-6-18-7-8-20-14-21(10-9-19(20)13-18)22-11-12-25-23(15-22)16-24(27)17-26(25)28/h11-12,15-21H,2-10,13-14H2,1H3. The van der Waals surface area contributed by atoms with Crippen LogP contribution in [-0.2, 0) is 0 Å². The molecule has 4 unspecified atom stereocenters. The van der Waals surface area contributed by atoms with E-state index in [4.69, 9.17) is 0 Å². The van der Waals surface area contributed by atoms with E-state index in [2.05, 4.69) is 13.0 Å². The van der Waals surface area contributed by atoms with Crippen LogP contribution in [0.1, 0.15) is 89.0 Å². The van der Waals surface area contributed by atoms with Crippen molar-refractivity contribution < 1.29 is 8.78 Å². The maximum atomic E-state index is 14.0. The van der Waals surface area contributed by atoms with E-state index in [1.54, 1.807) is 0 Å². The molecule has 0 N–H and O–H groups in total. The highest BCUT2D eigenvalue weighted by atomic mass is 19.1. The zero-order valence-electron chi connectivity index (χ0n) is 17.2. The predicted molar refractivity (Wildman–Crippen MR) is 114 cm³/mol. The smallest absolute Gasteiger partial charge is 0.133 e. The normalized spacial score (nSPS) is 27.7. The summed E-state index contributed by atoms with van der Waals surface area (Å²) in [6.07, 6.45) is 15.0. The van der Waals surface area contributed by atoms with Crippen LogP contribution in [-0.4, -0.2) is 0 Å². The van der Waals surface area contributed by atoms with E-state index in [1.807, 2.05) is 12.1 Å². The largest absolute Gasteiger partial charge is 0.207 e. The van der Waals surface area contributed by atoms with Crippen molar-refractivity contribution >= 4 is 10.8 Å². The molecule has 2 heteroatoms. The highest BCUT2D eigenvalue weighted by molar-refractivity contribution is 5.84. The highest BCUT2D eigenvalue weighted by Gasteiger charge is 2.35. The van der Waals surface area contributed by atoms with Crippen LogP contribution in [0.3, 0.4) is 0 Å². The van der Waals surface area contributed by atoms with Gasteiger partial charge in [-0.25, -0.2) is 8.78 Å². The van der Waals surface area contributed by atoms with Crippen LogP contribution in [0.15, 0.2) is 30.3 Å². The van der Waals surface area contributed by atoms with Gasteiger partial charge in [-0.05, 0) is 72.8 Å². The van der Waals surface area contributed by atoms with Gasteiger partial charge in [0, 0.05) is 11.5 Å². The Kier molecular flexibility index (Phi) is 6.33. The lowest BCUT2D eigenvalue weighted by atomic mass is 9.63. The van der Waals surface area contributed by atoms with E-state index in [-0.39, 0.29) is 0 Å². The van der Waals surface area contributed by atoms with Crippen molar-refractivity contribution in [3.05, 3.63) is 47.5 Å². The first-order chi connectivity index (χ1) is 13.6. The van der Waals surface area contributed by atoms with Gasteiger partial charge in [0.2, 0.25) is 0 Å². The van der Waals surface area contributed by atoms with Gasteiger partial charge < -0.3 is 0 Å². The maximum Gasteiger partial charge on any atom is 0.133 e. The average molecular weight is 385 g/mol. The van der Waals surface area contributed by atoms with Gasteiger partial charge in [-0.15, -0.1) is 0 Å². The molecule has 2 saturated carbocycles. The van der Waals surface area contributed by atoms with Gasteiger partial charge in [-0.2, -0.15) is 0 Å². The molecule has 0 bridgehead atoms. The zero-order valence-corrected chi connectivity index (χ0v) is 17.2. The van der Waals surface area contributed by atoms with Crippen molar-refractivity contribution in [1.29, 1.82) is 0 Å². The second kappa shape index (κ2) is 8.93. The molecular formula is C26H34F2. The van der Waals surface area contributed by atoms with Crippen LogP contribution in [0.5, 0.6) is 0 Å². The van der Waals surface area contributed by atoms with Gasteiger partial charge in [-0.1, -0.05) is 63.6 Å². The van der Waals surface area contributed by atoms with Crippen molar-refractivity contribution in [2.45, 2.75) is 83.5 Å². The van der Waals surface area contributed by atoms with Crippen LogP contribution in [0.4, 0.5) is 8.78 Å². The lowest BCUT2D eigenvalue weighted by Gasteiger charge is -2.42. The molecule has 4 atom stereocenters. The molecule has 28 heavy (non-hydrogen) atoms. The van der Waals surface area contributed by atoms with E-state index in [0.717, 1.165) is 23.8 Å². The minimum Gasteiger partial charge on any atom is -0.207 e. The fraction of sp³-hybridized carbons (Fsp3) is 0.615.